The zero-order valence-corrected chi connectivity index (χ0v) is 13.0. The SMILES string of the molecule is CCNCCCS(=O)(=O)NC(C)C1CC2CCC1C2. The van der Waals surface area contributed by atoms with Gasteiger partial charge in [0.25, 0.3) is 0 Å². The Morgan fingerprint density at radius 1 is 1.26 bits per heavy atom. The highest BCUT2D eigenvalue weighted by molar-refractivity contribution is 7.89. The molecule has 0 aromatic rings. The van der Waals surface area contributed by atoms with Gasteiger partial charge in [0.05, 0.1) is 5.75 Å². The normalized spacial score (nSPS) is 31.8. The summed E-state index contributed by atoms with van der Waals surface area (Å²) < 4.78 is 27.0. The summed E-state index contributed by atoms with van der Waals surface area (Å²) in [6.07, 6.45) is 5.92. The molecule has 2 aliphatic carbocycles. The number of hydrogen-bond donors (Lipinski definition) is 2. The lowest BCUT2D eigenvalue weighted by Crippen LogP contribution is -2.41. The van der Waals surface area contributed by atoms with E-state index in [9.17, 15) is 8.42 Å². The van der Waals surface area contributed by atoms with Gasteiger partial charge in [-0.05, 0) is 63.5 Å². The Labute approximate surface area is 117 Å². The van der Waals surface area contributed by atoms with Crippen LogP contribution in [0.5, 0.6) is 0 Å². The van der Waals surface area contributed by atoms with Crippen LogP contribution in [0.15, 0.2) is 0 Å². The van der Waals surface area contributed by atoms with Crippen LogP contribution in [0.25, 0.3) is 0 Å². The quantitative estimate of drug-likeness (QED) is 0.669. The van der Waals surface area contributed by atoms with Crippen molar-refractivity contribution in [2.24, 2.45) is 17.8 Å². The van der Waals surface area contributed by atoms with Gasteiger partial charge < -0.3 is 5.32 Å². The molecule has 2 rings (SSSR count). The molecule has 2 N–H and O–H groups in total. The second-order valence-electron chi connectivity index (χ2n) is 6.27. The summed E-state index contributed by atoms with van der Waals surface area (Å²) in [7, 11) is -3.11. The van der Waals surface area contributed by atoms with E-state index >= 15 is 0 Å². The van der Waals surface area contributed by atoms with Crippen LogP contribution in [-0.2, 0) is 10.0 Å². The molecular weight excluding hydrogens is 260 g/mol. The second kappa shape index (κ2) is 6.55. The third kappa shape index (κ3) is 4.17. The minimum atomic E-state index is -3.11. The molecule has 0 amide bonds. The molecule has 2 fully saturated rings. The summed E-state index contributed by atoms with van der Waals surface area (Å²) in [4.78, 5) is 0. The van der Waals surface area contributed by atoms with E-state index in [4.69, 9.17) is 0 Å². The van der Waals surface area contributed by atoms with Gasteiger partial charge in [0.2, 0.25) is 10.0 Å². The molecule has 2 saturated carbocycles. The zero-order chi connectivity index (χ0) is 13.9. The Balaban J connectivity index is 1.76. The third-order valence-corrected chi connectivity index (χ3v) is 6.37. The average Bonchev–Trinajstić information content (AvgIpc) is 2.96. The van der Waals surface area contributed by atoms with E-state index in [0.717, 1.165) is 24.9 Å². The molecule has 5 heteroatoms. The van der Waals surface area contributed by atoms with E-state index in [1.165, 1.54) is 25.7 Å². The van der Waals surface area contributed by atoms with Crippen LogP contribution in [0.3, 0.4) is 0 Å². The number of fused-ring (bicyclic) bond motifs is 2. The largest absolute Gasteiger partial charge is 0.317 e. The van der Waals surface area contributed by atoms with Crippen molar-refractivity contribution in [3.8, 4) is 0 Å². The van der Waals surface area contributed by atoms with E-state index < -0.39 is 10.0 Å². The Bertz CT molecular complexity index is 383. The van der Waals surface area contributed by atoms with Crippen LogP contribution in [-0.4, -0.2) is 33.3 Å². The summed E-state index contributed by atoms with van der Waals surface area (Å²) in [5.74, 6) is 2.45. The first-order valence-corrected chi connectivity index (χ1v) is 9.37. The van der Waals surface area contributed by atoms with Crippen LogP contribution in [0.1, 0.15) is 46.0 Å². The molecule has 0 spiro atoms. The van der Waals surface area contributed by atoms with Crippen molar-refractivity contribution in [2.45, 2.75) is 52.0 Å². The first kappa shape index (κ1) is 15.3. The van der Waals surface area contributed by atoms with Crippen LogP contribution in [0.2, 0.25) is 0 Å². The maximum absolute atomic E-state index is 12.0. The zero-order valence-electron chi connectivity index (χ0n) is 12.2. The van der Waals surface area contributed by atoms with Gasteiger partial charge in [-0.1, -0.05) is 13.3 Å². The monoisotopic (exact) mass is 288 g/mol. The van der Waals surface area contributed by atoms with Crippen molar-refractivity contribution in [3.05, 3.63) is 0 Å². The Morgan fingerprint density at radius 3 is 2.63 bits per heavy atom. The fraction of sp³-hybridized carbons (Fsp3) is 1.00. The summed E-state index contributed by atoms with van der Waals surface area (Å²) in [6, 6.07) is 0.111. The van der Waals surface area contributed by atoms with Gasteiger partial charge >= 0.3 is 0 Å². The molecule has 4 nitrogen and oxygen atoms in total. The van der Waals surface area contributed by atoms with Gasteiger partial charge in [0.1, 0.15) is 0 Å². The minimum absolute atomic E-state index is 0.111. The molecule has 19 heavy (non-hydrogen) atoms. The smallest absolute Gasteiger partial charge is 0.211 e. The molecule has 4 unspecified atom stereocenters. The van der Waals surface area contributed by atoms with Gasteiger partial charge in [0.15, 0.2) is 0 Å². The van der Waals surface area contributed by atoms with E-state index in [0.29, 0.717) is 12.3 Å². The number of hydrogen-bond acceptors (Lipinski definition) is 3. The topological polar surface area (TPSA) is 58.2 Å². The van der Waals surface area contributed by atoms with Gasteiger partial charge in [-0.25, -0.2) is 13.1 Å². The van der Waals surface area contributed by atoms with Crippen molar-refractivity contribution in [2.75, 3.05) is 18.8 Å². The van der Waals surface area contributed by atoms with Crippen LogP contribution in [0, 0.1) is 17.8 Å². The molecule has 0 radical (unpaired) electrons. The van der Waals surface area contributed by atoms with Gasteiger partial charge in [-0.2, -0.15) is 0 Å². The lowest BCUT2D eigenvalue weighted by molar-refractivity contribution is 0.280. The van der Waals surface area contributed by atoms with E-state index in [1.54, 1.807) is 0 Å². The van der Waals surface area contributed by atoms with Crippen molar-refractivity contribution in [3.63, 3.8) is 0 Å². The van der Waals surface area contributed by atoms with Crippen LogP contribution >= 0.6 is 0 Å². The molecule has 4 atom stereocenters. The van der Waals surface area contributed by atoms with E-state index in [-0.39, 0.29) is 11.8 Å². The Morgan fingerprint density at radius 2 is 2.05 bits per heavy atom. The molecule has 0 heterocycles. The van der Waals surface area contributed by atoms with Crippen molar-refractivity contribution in [1.29, 1.82) is 0 Å². The highest BCUT2D eigenvalue weighted by Gasteiger charge is 2.42. The maximum Gasteiger partial charge on any atom is 0.211 e. The Kier molecular flexibility index (Phi) is 5.26. The lowest BCUT2D eigenvalue weighted by Gasteiger charge is -2.28. The summed E-state index contributed by atoms with van der Waals surface area (Å²) >= 11 is 0. The fourth-order valence-electron chi connectivity index (χ4n) is 3.90. The number of nitrogens with one attached hydrogen (secondary N) is 2. The Hall–Kier alpha value is -0.130. The second-order valence-corrected chi connectivity index (χ2v) is 8.14. The summed E-state index contributed by atoms with van der Waals surface area (Å²) in [6.45, 7) is 5.76. The average molecular weight is 288 g/mol. The molecule has 0 aromatic heterocycles. The molecular formula is C14H28N2O2S. The van der Waals surface area contributed by atoms with Crippen molar-refractivity contribution < 1.29 is 8.42 Å². The van der Waals surface area contributed by atoms with Gasteiger partial charge in [-0.15, -0.1) is 0 Å². The van der Waals surface area contributed by atoms with Gasteiger partial charge in [-0.3, -0.25) is 0 Å². The first-order chi connectivity index (χ1) is 9.02. The maximum atomic E-state index is 12.0. The summed E-state index contributed by atoms with van der Waals surface area (Å²) in [5, 5.41) is 3.16. The van der Waals surface area contributed by atoms with Gasteiger partial charge in [0, 0.05) is 6.04 Å². The van der Waals surface area contributed by atoms with Crippen LogP contribution < -0.4 is 10.0 Å². The predicted molar refractivity (Wildman–Crippen MR) is 78.5 cm³/mol. The minimum Gasteiger partial charge on any atom is -0.317 e. The molecule has 0 saturated heterocycles. The number of sulfonamides is 1. The molecule has 0 aromatic carbocycles. The molecule has 2 aliphatic rings. The fourth-order valence-corrected chi connectivity index (χ4v) is 5.28. The standard InChI is InChI=1S/C14H28N2O2S/c1-3-15-7-4-8-19(17,18)16-11(2)14-10-12-5-6-13(14)9-12/h11-16H,3-10H2,1-2H3. The molecule has 112 valence electrons. The van der Waals surface area contributed by atoms with E-state index in [2.05, 4.69) is 10.0 Å². The lowest BCUT2D eigenvalue weighted by atomic mass is 9.84. The molecule has 0 aliphatic heterocycles. The van der Waals surface area contributed by atoms with Crippen molar-refractivity contribution >= 4 is 10.0 Å². The highest BCUT2D eigenvalue weighted by Crippen LogP contribution is 2.49. The third-order valence-electron chi connectivity index (χ3n) is 4.82. The predicted octanol–water partition coefficient (Wildman–Crippen LogP) is 1.73. The van der Waals surface area contributed by atoms with Crippen molar-refractivity contribution in [1.82, 2.24) is 10.0 Å². The number of rotatable bonds is 8. The highest BCUT2D eigenvalue weighted by atomic mass is 32.2. The molecule has 2 bridgehead atoms. The summed E-state index contributed by atoms with van der Waals surface area (Å²) in [5.41, 5.74) is 0. The van der Waals surface area contributed by atoms with Crippen LogP contribution in [0.4, 0.5) is 0 Å². The first-order valence-electron chi connectivity index (χ1n) is 7.72. The van der Waals surface area contributed by atoms with E-state index in [1.807, 2.05) is 13.8 Å².